The second-order valence-electron chi connectivity index (χ2n) is 4.88. The summed E-state index contributed by atoms with van der Waals surface area (Å²) in [6, 6.07) is 12.5. The predicted octanol–water partition coefficient (Wildman–Crippen LogP) is 4.93. The summed E-state index contributed by atoms with van der Waals surface area (Å²) in [6.07, 6.45) is -4.62. The maximum Gasteiger partial charge on any atom is 0.416 e. The number of rotatable bonds is 1. The average molecular weight is 316 g/mol. The highest BCUT2D eigenvalue weighted by atomic mass is 19.4. The van der Waals surface area contributed by atoms with Crippen LogP contribution in [0.5, 0.6) is 0 Å². The van der Waals surface area contributed by atoms with Crippen molar-refractivity contribution in [2.45, 2.75) is 6.18 Å². The van der Waals surface area contributed by atoms with E-state index in [9.17, 15) is 17.6 Å². The molecule has 0 unspecified atom stereocenters. The van der Waals surface area contributed by atoms with Crippen LogP contribution in [0.15, 0.2) is 48.5 Å². The summed E-state index contributed by atoms with van der Waals surface area (Å²) in [5, 5.41) is 10.3. The number of pyridine rings is 1. The van der Waals surface area contributed by atoms with Crippen LogP contribution in [0.1, 0.15) is 11.3 Å². The van der Waals surface area contributed by atoms with Crippen molar-refractivity contribution < 1.29 is 17.6 Å². The molecular weight excluding hydrogens is 308 g/mol. The standard InChI is InChI=1S/C17H8F4N2/c18-15-8-11(17(19,20)21)5-6-14(15)16-13-4-2-1-3-10(13)7-12(9-22)23-16/h1-8H. The van der Waals surface area contributed by atoms with E-state index in [2.05, 4.69) is 4.98 Å². The van der Waals surface area contributed by atoms with Crippen LogP contribution >= 0.6 is 0 Å². The molecule has 6 heteroatoms. The Morgan fingerprint density at radius 2 is 1.74 bits per heavy atom. The Balaban J connectivity index is 2.27. The maximum absolute atomic E-state index is 14.2. The summed E-state index contributed by atoms with van der Waals surface area (Å²) >= 11 is 0. The van der Waals surface area contributed by atoms with Gasteiger partial charge in [-0.3, -0.25) is 0 Å². The first kappa shape index (κ1) is 15.0. The minimum Gasteiger partial charge on any atom is -0.236 e. The summed E-state index contributed by atoms with van der Waals surface area (Å²) in [6.45, 7) is 0. The molecule has 2 aromatic carbocycles. The molecule has 0 atom stereocenters. The number of hydrogen-bond donors (Lipinski definition) is 0. The van der Waals surface area contributed by atoms with E-state index in [1.54, 1.807) is 30.3 Å². The van der Waals surface area contributed by atoms with Gasteiger partial charge in [-0.1, -0.05) is 24.3 Å². The largest absolute Gasteiger partial charge is 0.416 e. The van der Waals surface area contributed by atoms with Gasteiger partial charge >= 0.3 is 6.18 Å². The van der Waals surface area contributed by atoms with E-state index in [1.165, 1.54) is 0 Å². The molecule has 0 saturated carbocycles. The number of aromatic nitrogens is 1. The topological polar surface area (TPSA) is 36.7 Å². The molecule has 3 rings (SSSR count). The minimum atomic E-state index is -4.62. The third-order valence-corrected chi connectivity index (χ3v) is 3.41. The van der Waals surface area contributed by atoms with E-state index in [0.717, 1.165) is 12.1 Å². The molecule has 0 bridgehead atoms. The van der Waals surface area contributed by atoms with Crippen LogP contribution in [0.25, 0.3) is 22.0 Å². The molecule has 1 heterocycles. The molecule has 0 N–H and O–H groups in total. The Bertz CT molecular complexity index is 939. The van der Waals surface area contributed by atoms with Gasteiger partial charge in [-0.15, -0.1) is 0 Å². The molecule has 2 nitrogen and oxygen atoms in total. The van der Waals surface area contributed by atoms with Crippen LogP contribution in [0.2, 0.25) is 0 Å². The molecular formula is C17H8F4N2. The molecule has 0 saturated heterocycles. The fourth-order valence-corrected chi connectivity index (χ4v) is 2.34. The van der Waals surface area contributed by atoms with E-state index in [-0.39, 0.29) is 17.0 Å². The zero-order chi connectivity index (χ0) is 16.6. The van der Waals surface area contributed by atoms with Gasteiger partial charge in [0, 0.05) is 10.9 Å². The summed E-state index contributed by atoms with van der Waals surface area (Å²) in [4.78, 5) is 4.06. The monoisotopic (exact) mass is 316 g/mol. The highest BCUT2D eigenvalue weighted by Gasteiger charge is 2.31. The van der Waals surface area contributed by atoms with Crippen molar-refractivity contribution in [3.05, 3.63) is 65.6 Å². The van der Waals surface area contributed by atoms with Gasteiger partial charge in [-0.05, 0) is 29.7 Å². The van der Waals surface area contributed by atoms with E-state index in [0.29, 0.717) is 16.8 Å². The number of halogens is 4. The molecule has 0 aliphatic rings. The Kier molecular flexibility index (Phi) is 3.49. The third-order valence-electron chi connectivity index (χ3n) is 3.41. The molecule has 0 radical (unpaired) electrons. The SMILES string of the molecule is N#Cc1cc2ccccc2c(-c2ccc(C(F)(F)F)cc2F)n1. The van der Waals surface area contributed by atoms with Crippen LogP contribution in [-0.2, 0) is 6.18 Å². The maximum atomic E-state index is 14.2. The van der Waals surface area contributed by atoms with E-state index >= 15 is 0 Å². The first-order valence-electron chi connectivity index (χ1n) is 6.57. The van der Waals surface area contributed by atoms with Gasteiger partial charge in [0.25, 0.3) is 0 Å². The van der Waals surface area contributed by atoms with Crippen LogP contribution in [0.3, 0.4) is 0 Å². The van der Waals surface area contributed by atoms with Crippen molar-refractivity contribution in [3.63, 3.8) is 0 Å². The normalized spacial score (nSPS) is 11.4. The molecule has 23 heavy (non-hydrogen) atoms. The predicted molar refractivity (Wildman–Crippen MR) is 76.9 cm³/mol. The number of hydrogen-bond acceptors (Lipinski definition) is 2. The van der Waals surface area contributed by atoms with Crippen molar-refractivity contribution in [3.8, 4) is 17.3 Å². The Hall–Kier alpha value is -2.94. The summed E-state index contributed by atoms with van der Waals surface area (Å²) in [7, 11) is 0. The van der Waals surface area contributed by atoms with Gasteiger partial charge in [-0.2, -0.15) is 18.4 Å². The highest BCUT2D eigenvalue weighted by molar-refractivity contribution is 5.95. The van der Waals surface area contributed by atoms with Crippen molar-refractivity contribution in [1.82, 2.24) is 4.98 Å². The highest BCUT2D eigenvalue weighted by Crippen LogP contribution is 2.34. The number of nitrogens with zero attached hydrogens (tertiary/aromatic N) is 2. The molecule has 0 spiro atoms. The zero-order valence-electron chi connectivity index (χ0n) is 11.5. The van der Waals surface area contributed by atoms with Crippen molar-refractivity contribution in [1.29, 1.82) is 5.26 Å². The van der Waals surface area contributed by atoms with Gasteiger partial charge < -0.3 is 0 Å². The van der Waals surface area contributed by atoms with E-state index in [1.807, 2.05) is 6.07 Å². The first-order valence-corrected chi connectivity index (χ1v) is 6.57. The molecule has 3 aromatic rings. The Labute approximate surface area is 128 Å². The smallest absolute Gasteiger partial charge is 0.236 e. The Morgan fingerprint density at radius 3 is 2.39 bits per heavy atom. The summed E-state index contributed by atoms with van der Waals surface area (Å²) in [5.74, 6) is -1.03. The fourth-order valence-electron chi connectivity index (χ4n) is 2.34. The number of benzene rings is 2. The van der Waals surface area contributed by atoms with Crippen molar-refractivity contribution >= 4 is 10.8 Å². The van der Waals surface area contributed by atoms with Crippen LogP contribution < -0.4 is 0 Å². The lowest BCUT2D eigenvalue weighted by molar-refractivity contribution is -0.137. The van der Waals surface area contributed by atoms with Gasteiger partial charge in [0.05, 0.1) is 11.3 Å². The first-order chi connectivity index (χ1) is 10.9. The number of nitriles is 1. The van der Waals surface area contributed by atoms with Crippen molar-refractivity contribution in [2.24, 2.45) is 0 Å². The molecule has 0 aliphatic carbocycles. The van der Waals surface area contributed by atoms with Gasteiger partial charge in [0.2, 0.25) is 0 Å². The molecule has 0 amide bonds. The average Bonchev–Trinajstić information content (AvgIpc) is 2.53. The molecule has 114 valence electrons. The second kappa shape index (κ2) is 5.36. The lowest BCUT2D eigenvalue weighted by Crippen LogP contribution is -2.05. The van der Waals surface area contributed by atoms with Gasteiger partial charge in [-0.25, -0.2) is 9.37 Å². The quantitative estimate of drug-likeness (QED) is 0.597. The summed E-state index contributed by atoms with van der Waals surface area (Å²) in [5.41, 5.74) is -0.935. The lowest BCUT2D eigenvalue weighted by atomic mass is 10.0. The number of fused-ring (bicyclic) bond motifs is 1. The lowest BCUT2D eigenvalue weighted by Gasteiger charge is -2.11. The van der Waals surface area contributed by atoms with Gasteiger partial charge in [0.1, 0.15) is 17.6 Å². The van der Waals surface area contributed by atoms with Crippen LogP contribution in [-0.4, -0.2) is 4.98 Å². The molecule has 0 fully saturated rings. The second-order valence-corrected chi connectivity index (χ2v) is 4.88. The van der Waals surface area contributed by atoms with Gasteiger partial charge in [0.15, 0.2) is 0 Å². The molecule has 1 aromatic heterocycles. The van der Waals surface area contributed by atoms with Crippen LogP contribution in [0.4, 0.5) is 17.6 Å². The molecule has 0 aliphatic heterocycles. The number of alkyl halides is 3. The zero-order valence-corrected chi connectivity index (χ0v) is 11.5. The van der Waals surface area contributed by atoms with E-state index < -0.39 is 17.6 Å². The fraction of sp³-hybridized carbons (Fsp3) is 0.0588. The van der Waals surface area contributed by atoms with E-state index in [4.69, 9.17) is 5.26 Å². The van der Waals surface area contributed by atoms with Crippen LogP contribution in [0, 0.1) is 17.1 Å². The Morgan fingerprint density at radius 1 is 1.00 bits per heavy atom. The summed E-state index contributed by atoms with van der Waals surface area (Å²) < 4.78 is 52.2. The third kappa shape index (κ3) is 2.73. The minimum absolute atomic E-state index is 0.0676. The van der Waals surface area contributed by atoms with Crippen molar-refractivity contribution in [2.75, 3.05) is 0 Å².